The lowest BCUT2D eigenvalue weighted by molar-refractivity contribution is -0.139. The van der Waals surface area contributed by atoms with Crippen molar-refractivity contribution in [3.63, 3.8) is 0 Å². The summed E-state index contributed by atoms with van der Waals surface area (Å²) in [6.45, 7) is -0.642. The van der Waals surface area contributed by atoms with Crippen molar-refractivity contribution < 1.29 is 32.3 Å². The maximum atomic E-state index is 12.2. The van der Waals surface area contributed by atoms with E-state index in [1.165, 1.54) is 18.2 Å². The van der Waals surface area contributed by atoms with E-state index in [1.807, 2.05) is 0 Å². The Morgan fingerprint density at radius 3 is 2.48 bits per heavy atom. The molecule has 0 atom stereocenters. The first kappa shape index (κ1) is 16.7. The second-order valence-corrected chi connectivity index (χ2v) is 6.23. The van der Waals surface area contributed by atoms with Gasteiger partial charge in [0, 0.05) is 12.2 Å². The summed E-state index contributed by atoms with van der Waals surface area (Å²) >= 11 is 0. The number of hydrogen-bond donors (Lipinski definition) is 0. The standard InChI is InChI=1S/C14H13NO7S/c1-21-12(16)6-7-13(17)22-9-8-15-14(18)10-4-2-3-5-11(10)23(15,19)20/h2-7H,8-9H2,1H3. The van der Waals surface area contributed by atoms with Gasteiger partial charge in [-0.2, -0.15) is 0 Å². The molecule has 0 unspecified atom stereocenters. The lowest BCUT2D eigenvalue weighted by atomic mass is 10.2. The van der Waals surface area contributed by atoms with Gasteiger partial charge in [-0.25, -0.2) is 22.3 Å². The molecule has 0 N–H and O–H groups in total. The number of amides is 1. The third-order valence-electron chi connectivity index (χ3n) is 3.01. The molecule has 2 rings (SSSR count). The normalized spacial score (nSPS) is 15.5. The summed E-state index contributed by atoms with van der Waals surface area (Å²) in [5.41, 5.74) is 0.0874. The number of carbonyl (C=O) groups excluding carboxylic acids is 3. The zero-order valence-corrected chi connectivity index (χ0v) is 12.9. The third-order valence-corrected chi connectivity index (χ3v) is 4.85. The fourth-order valence-electron chi connectivity index (χ4n) is 1.93. The van der Waals surface area contributed by atoms with E-state index in [-0.39, 0.29) is 23.6 Å². The average Bonchev–Trinajstić information content (AvgIpc) is 2.73. The summed E-state index contributed by atoms with van der Waals surface area (Å²) in [5.74, 6) is -2.24. The van der Waals surface area contributed by atoms with Crippen molar-refractivity contribution in [2.45, 2.75) is 4.90 Å². The van der Waals surface area contributed by atoms with E-state index in [1.54, 1.807) is 6.07 Å². The highest BCUT2D eigenvalue weighted by atomic mass is 32.2. The minimum absolute atomic E-state index is 0.0677. The van der Waals surface area contributed by atoms with E-state index < -0.39 is 27.9 Å². The molecule has 0 aromatic heterocycles. The molecule has 0 saturated carbocycles. The summed E-state index contributed by atoms with van der Waals surface area (Å²) in [6, 6.07) is 5.84. The highest BCUT2D eigenvalue weighted by molar-refractivity contribution is 7.90. The number of nitrogens with zero attached hydrogens (tertiary/aromatic N) is 1. The van der Waals surface area contributed by atoms with Gasteiger partial charge in [0.05, 0.1) is 19.2 Å². The minimum Gasteiger partial charge on any atom is -0.466 e. The Labute approximate surface area is 132 Å². The lowest BCUT2D eigenvalue weighted by Gasteiger charge is -2.14. The molecule has 1 aliphatic rings. The monoisotopic (exact) mass is 339 g/mol. The van der Waals surface area contributed by atoms with Crippen LogP contribution in [0.25, 0.3) is 0 Å². The first-order valence-electron chi connectivity index (χ1n) is 6.47. The molecule has 0 fully saturated rings. The summed E-state index contributed by atoms with van der Waals surface area (Å²) in [5, 5.41) is 0. The average molecular weight is 339 g/mol. The SMILES string of the molecule is COC(=O)C=CC(=O)OCCN1C(=O)c2ccccc2S1(=O)=O. The molecular formula is C14H13NO7S. The van der Waals surface area contributed by atoms with Gasteiger partial charge in [-0.1, -0.05) is 12.1 Å². The van der Waals surface area contributed by atoms with E-state index >= 15 is 0 Å². The quantitative estimate of drug-likeness (QED) is 0.553. The zero-order chi connectivity index (χ0) is 17.0. The molecule has 0 bridgehead atoms. The van der Waals surface area contributed by atoms with Crippen LogP contribution >= 0.6 is 0 Å². The van der Waals surface area contributed by atoms with Crippen molar-refractivity contribution in [2.24, 2.45) is 0 Å². The Morgan fingerprint density at radius 1 is 1.17 bits per heavy atom. The number of fused-ring (bicyclic) bond motifs is 1. The van der Waals surface area contributed by atoms with Crippen LogP contribution in [-0.4, -0.2) is 50.8 Å². The highest BCUT2D eigenvalue weighted by Gasteiger charge is 2.40. The maximum absolute atomic E-state index is 12.2. The van der Waals surface area contributed by atoms with E-state index in [4.69, 9.17) is 4.74 Å². The van der Waals surface area contributed by atoms with E-state index in [2.05, 4.69) is 4.74 Å². The molecule has 122 valence electrons. The van der Waals surface area contributed by atoms with Crippen LogP contribution in [-0.2, 0) is 29.1 Å². The second kappa shape index (κ2) is 6.61. The van der Waals surface area contributed by atoms with Gasteiger partial charge in [0.2, 0.25) is 0 Å². The Hall–Kier alpha value is -2.68. The second-order valence-electron chi connectivity index (χ2n) is 4.40. The summed E-state index contributed by atoms with van der Waals surface area (Å²) in [4.78, 5) is 34.1. The van der Waals surface area contributed by atoms with Crippen LogP contribution < -0.4 is 0 Å². The van der Waals surface area contributed by atoms with E-state index in [9.17, 15) is 22.8 Å². The van der Waals surface area contributed by atoms with Crippen molar-refractivity contribution in [2.75, 3.05) is 20.3 Å². The lowest BCUT2D eigenvalue weighted by Crippen LogP contribution is -2.33. The van der Waals surface area contributed by atoms with Crippen molar-refractivity contribution in [3.8, 4) is 0 Å². The molecule has 1 aliphatic heterocycles. The van der Waals surface area contributed by atoms with Crippen LogP contribution in [0.15, 0.2) is 41.3 Å². The van der Waals surface area contributed by atoms with E-state index in [0.29, 0.717) is 4.31 Å². The fourth-order valence-corrected chi connectivity index (χ4v) is 3.49. The Kier molecular flexibility index (Phi) is 4.80. The first-order valence-corrected chi connectivity index (χ1v) is 7.91. The van der Waals surface area contributed by atoms with Gasteiger partial charge >= 0.3 is 11.9 Å². The Morgan fingerprint density at radius 2 is 1.83 bits per heavy atom. The van der Waals surface area contributed by atoms with Crippen molar-refractivity contribution >= 4 is 27.9 Å². The molecule has 23 heavy (non-hydrogen) atoms. The molecule has 1 aromatic carbocycles. The maximum Gasteiger partial charge on any atom is 0.331 e. The predicted octanol–water partition coefficient (Wildman–Crippen LogP) is 0.103. The topological polar surface area (TPSA) is 107 Å². The smallest absolute Gasteiger partial charge is 0.331 e. The van der Waals surface area contributed by atoms with Crippen LogP contribution in [0.1, 0.15) is 10.4 Å². The Balaban J connectivity index is 1.98. The van der Waals surface area contributed by atoms with Crippen LogP contribution in [0.4, 0.5) is 0 Å². The van der Waals surface area contributed by atoms with E-state index in [0.717, 1.165) is 19.3 Å². The predicted molar refractivity (Wildman–Crippen MR) is 76.8 cm³/mol. The van der Waals surface area contributed by atoms with Crippen LogP contribution in [0.5, 0.6) is 0 Å². The zero-order valence-electron chi connectivity index (χ0n) is 12.1. The number of benzene rings is 1. The van der Waals surface area contributed by atoms with Crippen LogP contribution in [0.3, 0.4) is 0 Å². The van der Waals surface area contributed by atoms with Gasteiger partial charge < -0.3 is 9.47 Å². The van der Waals surface area contributed by atoms with Crippen molar-refractivity contribution in [1.82, 2.24) is 4.31 Å². The number of rotatable bonds is 5. The molecular weight excluding hydrogens is 326 g/mol. The third kappa shape index (κ3) is 3.39. The molecule has 1 amide bonds. The number of esters is 2. The minimum atomic E-state index is -3.92. The molecule has 9 heteroatoms. The summed E-state index contributed by atoms with van der Waals surface area (Å²) < 4.78 is 34.1. The summed E-state index contributed by atoms with van der Waals surface area (Å²) in [6.07, 6.45) is 1.72. The number of methoxy groups -OCH3 is 1. The van der Waals surface area contributed by atoms with Crippen molar-refractivity contribution in [3.05, 3.63) is 42.0 Å². The molecule has 0 aliphatic carbocycles. The largest absolute Gasteiger partial charge is 0.466 e. The molecule has 1 aromatic rings. The summed E-state index contributed by atoms with van der Waals surface area (Å²) in [7, 11) is -2.77. The van der Waals surface area contributed by atoms with Gasteiger partial charge in [0.25, 0.3) is 15.9 Å². The molecule has 0 spiro atoms. The molecule has 0 saturated heterocycles. The molecule has 8 nitrogen and oxygen atoms in total. The van der Waals surface area contributed by atoms with Gasteiger partial charge in [0.1, 0.15) is 11.5 Å². The molecule has 1 heterocycles. The molecule has 0 radical (unpaired) electrons. The fraction of sp³-hybridized carbons (Fsp3) is 0.214. The number of sulfonamides is 1. The van der Waals surface area contributed by atoms with Crippen molar-refractivity contribution in [1.29, 1.82) is 0 Å². The van der Waals surface area contributed by atoms with Gasteiger partial charge in [-0.3, -0.25) is 4.79 Å². The Bertz CT molecular complexity index is 782. The number of carbonyl (C=O) groups is 3. The van der Waals surface area contributed by atoms with Crippen LogP contribution in [0, 0.1) is 0 Å². The van der Waals surface area contributed by atoms with Gasteiger partial charge in [0.15, 0.2) is 0 Å². The first-order chi connectivity index (χ1) is 10.9. The number of hydrogen-bond acceptors (Lipinski definition) is 7. The highest BCUT2D eigenvalue weighted by Crippen LogP contribution is 2.29. The number of ether oxygens (including phenoxy) is 2. The van der Waals surface area contributed by atoms with Gasteiger partial charge in [-0.05, 0) is 12.1 Å². The van der Waals surface area contributed by atoms with Crippen LogP contribution in [0.2, 0.25) is 0 Å². The van der Waals surface area contributed by atoms with Gasteiger partial charge in [-0.15, -0.1) is 0 Å².